The van der Waals surface area contributed by atoms with Crippen molar-refractivity contribution in [1.29, 1.82) is 0 Å². The van der Waals surface area contributed by atoms with Crippen molar-refractivity contribution in [2.24, 2.45) is 0 Å². The Morgan fingerprint density at radius 1 is 1.14 bits per heavy atom. The maximum Gasteiger partial charge on any atom is 0.336 e. The summed E-state index contributed by atoms with van der Waals surface area (Å²) < 4.78 is 0.394. The van der Waals surface area contributed by atoms with E-state index in [0.29, 0.717) is 4.47 Å². The zero-order valence-electron chi connectivity index (χ0n) is 6.69. The van der Waals surface area contributed by atoms with Gasteiger partial charge in [0.15, 0.2) is 0 Å². The van der Waals surface area contributed by atoms with E-state index in [-0.39, 0.29) is 16.0 Å². The van der Waals surface area contributed by atoms with E-state index in [2.05, 4.69) is 28.6 Å². The smallest absolute Gasteiger partial charge is 0.336 e. The van der Waals surface area contributed by atoms with Gasteiger partial charge in [-0.15, -0.1) is 12.6 Å². The molecule has 6 heteroatoms. The molecule has 0 aliphatic carbocycles. The van der Waals surface area contributed by atoms with E-state index in [1.165, 1.54) is 12.1 Å². The Bertz CT molecular complexity index is 381. The van der Waals surface area contributed by atoms with E-state index >= 15 is 0 Å². The molecule has 0 unspecified atom stereocenters. The molecule has 0 spiro atoms. The van der Waals surface area contributed by atoms with Gasteiger partial charge in [0, 0.05) is 9.37 Å². The van der Waals surface area contributed by atoms with Crippen LogP contribution in [0, 0.1) is 0 Å². The number of carboxylic acids is 2. The molecular formula is C8H5BrO4S. The highest BCUT2D eigenvalue weighted by molar-refractivity contribution is 9.10. The standard InChI is InChI=1S/C8H5BrO4S/c9-3-1-4(7(10)11)6(14)5(2-3)8(12)13/h1-2,14H,(H,10,11)(H,12,13). The molecule has 0 atom stereocenters. The van der Waals surface area contributed by atoms with Crippen molar-refractivity contribution < 1.29 is 19.8 Å². The summed E-state index contributed by atoms with van der Waals surface area (Å²) in [5, 5.41) is 17.5. The van der Waals surface area contributed by atoms with Gasteiger partial charge in [-0.3, -0.25) is 0 Å². The highest BCUT2D eigenvalue weighted by Gasteiger charge is 2.16. The fraction of sp³-hybridized carbons (Fsp3) is 0. The van der Waals surface area contributed by atoms with Crippen molar-refractivity contribution in [3.8, 4) is 0 Å². The van der Waals surface area contributed by atoms with Crippen LogP contribution in [-0.4, -0.2) is 22.2 Å². The van der Waals surface area contributed by atoms with Gasteiger partial charge < -0.3 is 10.2 Å². The maximum atomic E-state index is 10.7. The van der Waals surface area contributed by atoms with Crippen LogP contribution in [0.2, 0.25) is 0 Å². The molecule has 0 amide bonds. The Morgan fingerprint density at radius 2 is 1.50 bits per heavy atom. The third-order valence-electron chi connectivity index (χ3n) is 1.54. The van der Waals surface area contributed by atoms with Gasteiger partial charge in [-0.2, -0.15) is 0 Å². The number of aromatic carboxylic acids is 2. The number of halogens is 1. The lowest BCUT2D eigenvalue weighted by molar-refractivity contribution is 0.0690. The molecule has 0 saturated carbocycles. The average molecular weight is 277 g/mol. The Kier molecular flexibility index (Phi) is 3.17. The van der Waals surface area contributed by atoms with Gasteiger partial charge in [0.2, 0.25) is 0 Å². The highest BCUT2D eigenvalue weighted by atomic mass is 79.9. The van der Waals surface area contributed by atoms with Crippen LogP contribution in [0.4, 0.5) is 0 Å². The number of thiol groups is 1. The van der Waals surface area contributed by atoms with Crippen LogP contribution in [0.3, 0.4) is 0 Å². The predicted molar refractivity (Wildman–Crippen MR) is 55.3 cm³/mol. The summed E-state index contributed by atoms with van der Waals surface area (Å²) in [5.41, 5.74) is -0.278. The molecule has 0 fully saturated rings. The molecule has 0 saturated heterocycles. The van der Waals surface area contributed by atoms with Crippen LogP contribution in [0.5, 0.6) is 0 Å². The molecule has 0 bridgehead atoms. The Hall–Kier alpha value is -1.01. The average Bonchev–Trinajstić information content (AvgIpc) is 2.07. The molecular weight excluding hydrogens is 272 g/mol. The van der Waals surface area contributed by atoms with Gasteiger partial charge >= 0.3 is 11.9 Å². The molecule has 4 nitrogen and oxygen atoms in total. The Morgan fingerprint density at radius 3 is 1.79 bits per heavy atom. The van der Waals surface area contributed by atoms with Crippen molar-refractivity contribution in [3.05, 3.63) is 27.7 Å². The molecule has 1 aromatic rings. The second-order valence-electron chi connectivity index (χ2n) is 2.46. The molecule has 1 aromatic carbocycles. The first-order valence-electron chi connectivity index (χ1n) is 3.42. The van der Waals surface area contributed by atoms with E-state index in [4.69, 9.17) is 10.2 Å². The summed E-state index contributed by atoms with van der Waals surface area (Å²) in [6.45, 7) is 0. The van der Waals surface area contributed by atoms with E-state index < -0.39 is 11.9 Å². The first kappa shape index (κ1) is 11.1. The van der Waals surface area contributed by atoms with Crippen LogP contribution in [0.15, 0.2) is 21.5 Å². The molecule has 74 valence electrons. The topological polar surface area (TPSA) is 74.6 Å². The largest absolute Gasteiger partial charge is 0.478 e. The minimum absolute atomic E-state index is 0.0480. The van der Waals surface area contributed by atoms with Gasteiger partial charge in [-0.05, 0) is 12.1 Å². The van der Waals surface area contributed by atoms with Gasteiger partial charge in [-0.25, -0.2) is 9.59 Å². The lowest BCUT2D eigenvalue weighted by atomic mass is 10.1. The SMILES string of the molecule is O=C(O)c1cc(Br)cc(C(=O)O)c1S. The molecule has 0 aliphatic rings. The third-order valence-corrected chi connectivity index (χ3v) is 2.48. The van der Waals surface area contributed by atoms with Crippen molar-refractivity contribution in [3.63, 3.8) is 0 Å². The summed E-state index contributed by atoms with van der Waals surface area (Å²) in [7, 11) is 0. The molecule has 2 N–H and O–H groups in total. The molecule has 1 rings (SSSR count). The van der Waals surface area contributed by atoms with E-state index in [0.717, 1.165) is 0 Å². The minimum atomic E-state index is -1.21. The third kappa shape index (κ3) is 2.08. The summed E-state index contributed by atoms with van der Waals surface area (Å²) in [6, 6.07) is 2.61. The normalized spacial score (nSPS) is 9.86. The Balaban J connectivity index is 3.47. The maximum absolute atomic E-state index is 10.7. The number of hydrogen-bond acceptors (Lipinski definition) is 3. The van der Waals surface area contributed by atoms with E-state index in [1.807, 2.05) is 0 Å². The number of carbonyl (C=O) groups is 2. The summed E-state index contributed by atoms with van der Waals surface area (Å²) in [4.78, 5) is 21.3. The lowest BCUT2D eigenvalue weighted by Crippen LogP contribution is -2.05. The summed E-state index contributed by atoms with van der Waals surface area (Å²) in [5.74, 6) is -2.42. The van der Waals surface area contributed by atoms with Gasteiger partial charge in [0.05, 0.1) is 11.1 Å². The van der Waals surface area contributed by atoms with Gasteiger partial charge in [-0.1, -0.05) is 15.9 Å². The zero-order valence-corrected chi connectivity index (χ0v) is 9.17. The monoisotopic (exact) mass is 276 g/mol. The van der Waals surface area contributed by atoms with Crippen LogP contribution in [-0.2, 0) is 0 Å². The minimum Gasteiger partial charge on any atom is -0.478 e. The second-order valence-corrected chi connectivity index (χ2v) is 3.82. The van der Waals surface area contributed by atoms with Crippen molar-refractivity contribution in [2.45, 2.75) is 4.90 Å². The number of hydrogen-bond donors (Lipinski definition) is 3. The number of rotatable bonds is 2. The first-order chi connectivity index (χ1) is 6.43. The van der Waals surface area contributed by atoms with Crippen LogP contribution < -0.4 is 0 Å². The van der Waals surface area contributed by atoms with E-state index in [9.17, 15) is 9.59 Å². The van der Waals surface area contributed by atoms with Crippen LogP contribution >= 0.6 is 28.6 Å². The van der Waals surface area contributed by atoms with Gasteiger partial charge in [0.1, 0.15) is 0 Å². The molecule has 0 aliphatic heterocycles. The first-order valence-corrected chi connectivity index (χ1v) is 4.66. The van der Waals surface area contributed by atoms with E-state index in [1.54, 1.807) is 0 Å². The highest BCUT2D eigenvalue weighted by Crippen LogP contribution is 2.24. The summed E-state index contributed by atoms with van der Waals surface area (Å²) >= 11 is 6.88. The lowest BCUT2D eigenvalue weighted by Gasteiger charge is -2.04. The molecule has 0 aromatic heterocycles. The van der Waals surface area contributed by atoms with Crippen molar-refractivity contribution in [2.75, 3.05) is 0 Å². The number of carboxylic acid groups (broad SMARTS) is 2. The molecule has 14 heavy (non-hydrogen) atoms. The van der Waals surface area contributed by atoms with Crippen LogP contribution in [0.25, 0.3) is 0 Å². The predicted octanol–water partition coefficient (Wildman–Crippen LogP) is 2.13. The molecule has 0 radical (unpaired) electrons. The fourth-order valence-electron chi connectivity index (χ4n) is 0.925. The molecule has 0 heterocycles. The quantitative estimate of drug-likeness (QED) is 0.724. The number of benzene rings is 1. The van der Waals surface area contributed by atoms with Crippen molar-refractivity contribution in [1.82, 2.24) is 0 Å². The van der Waals surface area contributed by atoms with Crippen molar-refractivity contribution >= 4 is 40.5 Å². The second kappa shape index (κ2) is 4.02. The summed E-state index contributed by atoms with van der Waals surface area (Å²) in [6.07, 6.45) is 0. The zero-order chi connectivity index (χ0) is 10.9. The van der Waals surface area contributed by atoms with Gasteiger partial charge in [0.25, 0.3) is 0 Å². The Labute approximate surface area is 93.1 Å². The van der Waals surface area contributed by atoms with Crippen LogP contribution in [0.1, 0.15) is 20.7 Å². The fourth-order valence-corrected chi connectivity index (χ4v) is 1.70.